The molecule has 1 amide bonds. The number of hydrogen-bond acceptors (Lipinski definition) is 3. The van der Waals surface area contributed by atoms with Crippen LogP contribution >= 0.6 is 11.6 Å². The van der Waals surface area contributed by atoms with Crippen LogP contribution in [-0.2, 0) is 4.79 Å². The quantitative estimate of drug-likeness (QED) is 0.927. The van der Waals surface area contributed by atoms with E-state index in [1.807, 2.05) is 0 Å². The first-order valence-corrected chi connectivity index (χ1v) is 6.76. The summed E-state index contributed by atoms with van der Waals surface area (Å²) in [6.07, 6.45) is 3.53. The largest absolute Gasteiger partial charge is 0.495 e. The average Bonchev–Trinajstić information content (AvgIpc) is 2.85. The number of hydrogen-bond donors (Lipinski definition) is 1. The molecular weight excluding hydrogens is 264 g/mol. The number of nitrogens with zero attached hydrogens (tertiary/aromatic N) is 1. The lowest BCUT2D eigenvalue weighted by molar-refractivity contribution is -0.123. The van der Waals surface area contributed by atoms with Crippen molar-refractivity contribution in [2.75, 3.05) is 19.1 Å². The Balaban J connectivity index is 2.21. The maximum Gasteiger partial charge on any atom is 0.246 e. The molecule has 104 valence electrons. The number of amides is 1. The van der Waals surface area contributed by atoms with Crippen LogP contribution in [0.3, 0.4) is 0 Å². The Labute approximate surface area is 118 Å². The van der Waals surface area contributed by atoms with E-state index < -0.39 is 5.54 Å². The van der Waals surface area contributed by atoms with Crippen LogP contribution in [0.5, 0.6) is 5.75 Å². The number of methoxy groups -OCH3 is 1. The molecule has 0 atom stereocenters. The normalized spacial score (nSPS) is 17.3. The summed E-state index contributed by atoms with van der Waals surface area (Å²) in [5, 5.41) is 0.483. The van der Waals surface area contributed by atoms with E-state index in [1.54, 1.807) is 37.3 Å². The summed E-state index contributed by atoms with van der Waals surface area (Å²) >= 11 is 6.08. The Kier molecular flexibility index (Phi) is 4.02. The molecule has 19 heavy (non-hydrogen) atoms. The first kappa shape index (κ1) is 14.2. The fourth-order valence-corrected chi connectivity index (χ4v) is 2.79. The van der Waals surface area contributed by atoms with E-state index >= 15 is 0 Å². The van der Waals surface area contributed by atoms with Crippen LogP contribution in [0.15, 0.2) is 18.2 Å². The van der Waals surface area contributed by atoms with E-state index in [0.29, 0.717) is 10.8 Å². The van der Waals surface area contributed by atoms with Crippen molar-refractivity contribution < 1.29 is 9.53 Å². The Bertz CT molecular complexity index is 484. The minimum absolute atomic E-state index is 0.0498. The zero-order chi connectivity index (χ0) is 14.0. The van der Waals surface area contributed by atoms with Gasteiger partial charge >= 0.3 is 0 Å². The lowest BCUT2D eigenvalue weighted by Crippen LogP contribution is -2.52. The van der Waals surface area contributed by atoms with Gasteiger partial charge in [-0.15, -0.1) is 0 Å². The summed E-state index contributed by atoms with van der Waals surface area (Å²) in [7, 11) is 3.29. The molecular formula is C14H19ClN2O2. The fourth-order valence-electron chi connectivity index (χ4n) is 2.53. The molecule has 0 spiro atoms. The number of rotatable bonds is 3. The molecule has 0 radical (unpaired) electrons. The standard InChI is InChI=1S/C14H19ClN2O2/c1-17(13(18)14(16)7-3-4-8-14)10-5-6-12(19-2)11(15)9-10/h5-6,9H,3-4,7-8,16H2,1-2H3. The maximum atomic E-state index is 12.5. The van der Waals surface area contributed by atoms with Crippen LogP contribution < -0.4 is 15.4 Å². The monoisotopic (exact) mass is 282 g/mol. The van der Waals surface area contributed by atoms with Crippen molar-refractivity contribution in [1.82, 2.24) is 0 Å². The summed E-state index contributed by atoms with van der Waals surface area (Å²) in [5.41, 5.74) is 6.19. The van der Waals surface area contributed by atoms with Gasteiger partial charge in [0.15, 0.2) is 0 Å². The Morgan fingerprint density at radius 1 is 1.42 bits per heavy atom. The second-order valence-corrected chi connectivity index (χ2v) is 5.45. The molecule has 1 aliphatic carbocycles. The van der Waals surface area contributed by atoms with Gasteiger partial charge < -0.3 is 15.4 Å². The van der Waals surface area contributed by atoms with Crippen LogP contribution in [0.25, 0.3) is 0 Å². The number of ether oxygens (including phenoxy) is 1. The topological polar surface area (TPSA) is 55.6 Å². The van der Waals surface area contributed by atoms with Crippen molar-refractivity contribution in [3.05, 3.63) is 23.2 Å². The predicted octanol–water partition coefficient (Wildman–Crippen LogP) is 2.58. The van der Waals surface area contributed by atoms with Gasteiger partial charge in [-0.05, 0) is 31.0 Å². The predicted molar refractivity (Wildman–Crippen MR) is 76.8 cm³/mol. The summed E-state index contributed by atoms with van der Waals surface area (Å²) in [5.74, 6) is 0.542. The molecule has 5 heteroatoms. The SMILES string of the molecule is COc1ccc(N(C)C(=O)C2(N)CCCC2)cc1Cl. The molecule has 0 aliphatic heterocycles. The van der Waals surface area contributed by atoms with Crippen molar-refractivity contribution in [2.24, 2.45) is 5.73 Å². The summed E-state index contributed by atoms with van der Waals surface area (Å²) < 4.78 is 5.10. The van der Waals surface area contributed by atoms with Gasteiger partial charge in [0.1, 0.15) is 5.75 Å². The van der Waals surface area contributed by atoms with Gasteiger partial charge in [-0.1, -0.05) is 24.4 Å². The number of nitrogens with two attached hydrogens (primary N) is 1. The van der Waals surface area contributed by atoms with E-state index in [2.05, 4.69) is 0 Å². The van der Waals surface area contributed by atoms with E-state index in [1.165, 1.54) is 0 Å². The Morgan fingerprint density at radius 2 is 2.05 bits per heavy atom. The second-order valence-electron chi connectivity index (χ2n) is 5.05. The highest BCUT2D eigenvalue weighted by molar-refractivity contribution is 6.32. The maximum absolute atomic E-state index is 12.5. The third kappa shape index (κ3) is 2.69. The molecule has 1 aromatic rings. The van der Waals surface area contributed by atoms with Crippen molar-refractivity contribution in [2.45, 2.75) is 31.2 Å². The lowest BCUT2D eigenvalue weighted by atomic mass is 9.97. The van der Waals surface area contributed by atoms with Crippen molar-refractivity contribution in [1.29, 1.82) is 0 Å². The van der Waals surface area contributed by atoms with Crippen LogP contribution in [0.4, 0.5) is 5.69 Å². The van der Waals surface area contributed by atoms with E-state index in [-0.39, 0.29) is 5.91 Å². The number of likely N-dealkylation sites (N-methyl/N-ethyl adjacent to an activating group) is 1. The molecule has 4 nitrogen and oxygen atoms in total. The second kappa shape index (κ2) is 5.39. The highest BCUT2D eigenvalue weighted by atomic mass is 35.5. The average molecular weight is 283 g/mol. The van der Waals surface area contributed by atoms with Crippen LogP contribution in [0.2, 0.25) is 5.02 Å². The number of carbonyl (C=O) groups excluding carboxylic acids is 1. The summed E-state index contributed by atoms with van der Waals surface area (Å²) in [4.78, 5) is 14.0. The van der Waals surface area contributed by atoms with Gasteiger partial charge in [0.2, 0.25) is 5.91 Å². The molecule has 0 heterocycles. The van der Waals surface area contributed by atoms with E-state index in [9.17, 15) is 4.79 Å². The van der Waals surface area contributed by atoms with E-state index in [4.69, 9.17) is 22.1 Å². The first-order valence-electron chi connectivity index (χ1n) is 6.38. The molecule has 2 N–H and O–H groups in total. The Hall–Kier alpha value is -1.26. The van der Waals surface area contributed by atoms with Crippen LogP contribution in [0.1, 0.15) is 25.7 Å². The molecule has 0 saturated heterocycles. The fraction of sp³-hybridized carbons (Fsp3) is 0.500. The molecule has 0 bridgehead atoms. The highest BCUT2D eigenvalue weighted by Crippen LogP contribution is 2.33. The van der Waals surface area contributed by atoms with Crippen molar-refractivity contribution in [3.8, 4) is 5.75 Å². The number of halogens is 1. The molecule has 2 rings (SSSR count). The summed E-state index contributed by atoms with van der Waals surface area (Å²) in [6.45, 7) is 0. The smallest absolute Gasteiger partial charge is 0.246 e. The number of benzene rings is 1. The lowest BCUT2D eigenvalue weighted by Gasteiger charge is -2.29. The van der Waals surface area contributed by atoms with Gasteiger partial charge in [-0.3, -0.25) is 4.79 Å². The molecule has 1 aliphatic rings. The molecule has 1 aromatic carbocycles. The molecule has 0 unspecified atom stereocenters. The molecule has 0 aromatic heterocycles. The molecule has 1 fully saturated rings. The van der Waals surface area contributed by atoms with Crippen LogP contribution in [0, 0.1) is 0 Å². The summed E-state index contributed by atoms with van der Waals surface area (Å²) in [6, 6.07) is 5.27. The highest BCUT2D eigenvalue weighted by Gasteiger charge is 2.39. The zero-order valence-electron chi connectivity index (χ0n) is 11.3. The van der Waals surface area contributed by atoms with E-state index in [0.717, 1.165) is 31.4 Å². The van der Waals surface area contributed by atoms with Crippen LogP contribution in [-0.4, -0.2) is 25.6 Å². The number of carbonyl (C=O) groups is 1. The zero-order valence-corrected chi connectivity index (χ0v) is 12.0. The third-order valence-electron chi connectivity index (χ3n) is 3.75. The van der Waals surface area contributed by atoms with Gasteiger partial charge in [0, 0.05) is 12.7 Å². The Morgan fingerprint density at radius 3 is 2.58 bits per heavy atom. The van der Waals surface area contributed by atoms with Crippen molar-refractivity contribution >= 4 is 23.2 Å². The first-order chi connectivity index (χ1) is 8.98. The minimum Gasteiger partial charge on any atom is -0.495 e. The van der Waals surface area contributed by atoms with Gasteiger partial charge in [-0.2, -0.15) is 0 Å². The van der Waals surface area contributed by atoms with Gasteiger partial charge in [0.25, 0.3) is 0 Å². The van der Waals surface area contributed by atoms with Gasteiger partial charge in [-0.25, -0.2) is 0 Å². The van der Waals surface area contributed by atoms with Crippen molar-refractivity contribution in [3.63, 3.8) is 0 Å². The number of anilines is 1. The van der Waals surface area contributed by atoms with Gasteiger partial charge in [0.05, 0.1) is 17.7 Å². The third-order valence-corrected chi connectivity index (χ3v) is 4.04. The molecule has 1 saturated carbocycles. The minimum atomic E-state index is -0.721.